The minimum absolute atomic E-state index is 0.00656. The van der Waals surface area contributed by atoms with Crippen molar-refractivity contribution in [2.75, 3.05) is 20.6 Å². The van der Waals surface area contributed by atoms with Gasteiger partial charge in [0, 0.05) is 6.54 Å². The van der Waals surface area contributed by atoms with E-state index in [-0.39, 0.29) is 11.9 Å². The molecule has 1 amide bonds. The van der Waals surface area contributed by atoms with Crippen LogP contribution < -0.4 is 5.32 Å². The Kier molecular flexibility index (Phi) is 4.52. The Hall–Kier alpha value is -1.17. The van der Waals surface area contributed by atoms with Crippen molar-refractivity contribution in [3.05, 3.63) is 44.8 Å². The maximum Gasteiger partial charge on any atom is 0.261 e. The molecule has 96 valence electrons. The number of hydrogen-bond acceptors (Lipinski definition) is 4. The summed E-state index contributed by atoms with van der Waals surface area (Å²) in [5.74, 6) is 0.00656. The Bertz CT molecular complexity index is 477. The van der Waals surface area contributed by atoms with Gasteiger partial charge in [0.1, 0.15) is 0 Å². The maximum atomic E-state index is 11.9. The van der Waals surface area contributed by atoms with Crippen molar-refractivity contribution in [3.63, 3.8) is 0 Å². The highest BCUT2D eigenvalue weighted by Crippen LogP contribution is 2.20. The maximum absolute atomic E-state index is 11.9. The van der Waals surface area contributed by atoms with Crippen molar-refractivity contribution in [1.29, 1.82) is 0 Å². The summed E-state index contributed by atoms with van der Waals surface area (Å²) in [7, 11) is 4.05. The van der Waals surface area contributed by atoms with Crippen molar-refractivity contribution >= 4 is 28.6 Å². The molecule has 0 spiro atoms. The van der Waals surface area contributed by atoms with Crippen LogP contribution in [-0.2, 0) is 0 Å². The van der Waals surface area contributed by atoms with Crippen molar-refractivity contribution in [2.24, 2.45) is 0 Å². The minimum Gasteiger partial charge on any atom is -0.349 e. The van der Waals surface area contributed by atoms with E-state index in [1.165, 1.54) is 16.9 Å². The molecule has 0 saturated heterocycles. The molecule has 2 heterocycles. The molecule has 5 heteroatoms. The van der Waals surface area contributed by atoms with Gasteiger partial charge < -0.3 is 10.2 Å². The highest BCUT2D eigenvalue weighted by atomic mass is 32.1. The van der Waals surface area contributed by atoms with Gasteiger partial charge in [-0.2, -0.15) is 11.3 Å². The monoisotopic (exact) mass is 280 g/mol. The lowest BCUT2D eigenvalue weighted by atomic mass is 10.1. The molecule has 0 fully saturated rings. The number of nitrogens with zero attached hydrogens (tertiary/aromatic N) is 1. The van der Waals surface area contributed by atoms with E-state index in [9.17, 15) is 4.79 Å². The fraction of sp³-hybridized carbons (Fsp3) is 0.308. The van der Waals surface area contributed by atoms with Gasteiger partial charge in [-0.3, -0.25) is 4.79 Å². The summed E-state index contributed by atoms with van der Waals surface area (Å²) in [4.78, 5) is 14.8. The average molecular weight is 280 g/mol. The molecule has 0 aliphatic heterocycles. The zero-order chi connectivity index (χ0) is 13.0. The van der Waals surface area contributed by atoms with E-state index in [4.69, 9.17) is 0 Å². The van der Waals surface area contributed by atoms with Crippen molar-refractivity contribution in [2.45, 2.75) is 6.04 Å². The quantitative estimate of drug-likeness (QED) is 0.913. The molecule has 0 aliphatic rings. The number of amides is 1. The number of likely N-dealkylation sites (N-methyl/N-ethyl adjacent to an activating group) is 1. The molecule has 18 heavy (non-hydrogen) atoms. The van der Waals surface area contributed by atoms with E-state index in [2.05, 4.69) is 27.0 Å². The lowest BCUT2D eigenvalue weighted by molar-refractivity contribution is 0.0946. The van der Waals surface area contributed by atoms with Crippen LogP contribution in [0, 0.1) is 0 Å². The van der Waals surface area contributed by atoms with Crippen LogP contribution in [0.15, 0.2) is 34.3 Å². The lowest BCUT2D eigenvalue weighted by Gasteiger charge is -2.23. The molecular weight excluding hydrogens is 264 g/mol. The number of nitrogens with one attached hydrogen (secondary N) is 1. The first-order valence-corrected chi connectivity index (χ1v) is 7.51. The molecule has 0 saturated carbocycles. The number of thiophene rings is 2. The van der Waals surface area contributed by atoms with Gasteiger partial charge in [-0.1, -0.05) is 6.07 Å². The van der Waals surface area contributed by atoms with Crippen LogP contribution in [0.25, 0.3) is 0 Å². The van der Waals surface area contributed by atoms with Crippen LogP contribution in [-0.4, -0.2) is 31.4 Å². The van der Waals surface area contributed by atoms with Crippen molar-refractivity contribution < 1.29 is 4.79 Å². The lowest BCUT2D eigenvalue weighted by Crippen LogP contribution is -2.34. The van der Waals surface area contributed by atoms with E-state index >= 15 is 0 Å². The zero-order valence-corrected chi connectivity index (χ0v) is 12.1. The standard InChI is InChI=1S/C13H16N2OS2/c1-15(2)11(10-5-7-17-9-10)8-14-13(16)12-4-3-6-18-12/h3-7,9,11H,8H2,1-2H3,(H,14,16)/t11-/m0/s1. The van der Waals surface area contributed by atoms with Gasteiger partial charge in [0.05, 0.1) is 10.9 Å². The molecule has 0 bridgehead atoms. The third-order valence-corrected chi connectivity index (χ3v) is 4.32. The van der Waals surface area contributed by atoms with Crippen LogP contribution in [0.1, 0.15) is 21.3 Å². The smallest absolute Gasteiger partial charge is 0.261 e. The normalized spacial score (nSPS) is 12.6. The second-order valence-corrected chi connectivity index (χ2v) is 5.95. The molecule has 1 N–H and O–H groups in total. The van der Waals surface area contributed by atoms with Gasteiger partial charge in [0.25, 0.3) is 5.91 Å². The van der Waals surface area contributed by atoms with Crippen LogP contribution in [0.4, 0.5) is 0 Å². The van der Waals surface area contributed by atoms with Crippen LogP contribution >= 0.6 is 22.7 Å². The van der Waals surface area contributed by atoms with Crippen LogP contribution in [0.5, 0.6) is 0 Å². The molecule has 2 rings (SSSR count). The topological polar surface area (TPSA) is 32.3 Å². The van der Waals surface area contributed by atoms with Crippen molar-refractivity contribution in [3.8, 4) is 0 Å². The van der Waals surface area contributed by atoms with E-state index < -0.39 is 0 Å². The van der Waals surface area contributed by atoms with E-state index in [0.29, 0.717) is 6.54 Å². The Morgan fingerprint density at radius 1 is 1.39 bits per heavy atom. The van der Waals surface area contributed by atoms with Gasteiger partial charge in [0.15, 0.2) is 0 Å². The van der Waals surface area contributed by atoms with Gasteiger partial charge in [-0.15, -0.1) is 11.3 Å². The molecule has 3 nitrogen and oxygen atoms in total. The summed E-state index contributed by atoms with van der Waals surface area (Å²) >= 11 is 3.15. The molecule has 0 radical (unpaired) electrons. The fourth-order valence-corrected chi connectivity index (χ4v) is 3.09. The molecule has 1 atom stereocenters. The van der Waals surface area contributed by atoms with E-state index in [1.807, 2.05) is 31.6 Å². The number of carbonyl (C=O) groups is 1. The van der Waals surface area contributed by atoms with Crippen molar-refractivity contribution in [1.82, 2.24) is 10.2 Å². The number of carbonyl (C=O) groups excluding carboxylic acids is 1. The Morgan fingerprint density at radius 2 is 2.22 bits per heavy atom. The Labute approximate surface area is 115 Å². The molecule has 0 unspecified atom stereocenters. The SMILES string of the molecule is CN(C)[C@@H](CNC(=O)c1cccs1)c1ccsc1. The first-order chi connectivity index (χ1) is 8.68. The predicted octanol–water partition coefficient (Wildman–Crippen LogP) is 2.84. The number of rotatable bonds is 5. The van der Waals surface area contributed by atoms with Gasteiger partial charge in [-0.05, 0) is 47.9 Å². The van der Waals surface area contributed by atoms with Gasteiger partial charge >= 0.3 is 0 Å². The van der Waals surface area contributed by atoms with E-state index in [1.54, 1.807) is 11.3 Å². The fourth-order valence-electron chi connectivity index (χ4n) is 1.75. The average Bonchev–Trinajstić information content (AvgIpc) is 3.01. The third-order valence-electron chi connectivity index (χ3n) is 2.75. The summed E-state index contributed by atoms with van der Waals surface area (Å²) < 4.78 is 0. The highest BCUT2D eigenvalue weighted by molar-refractivity contribution is 7.12. The zero-order valence-electron chi connectivity index (χ0n) is 10.4. The summed E-state index contributed by atoms with van der Waals surface area (Å²) in [6.07, 6.45) is 0. The molecule has 2 aromatic rings. The molecule has 0 aliphatic carbocycles. The molecule has 2 aromatic heterocycles. The molecule has 0 aromatic carbocycles. The second-order valence-electron chi connectivity index (χ2n) is 4.22. The number of hydrogen-bond donors (Lipinski definition) is 1. The second kappa shape index (κ2) is 6.13. The minimum atomic E-state index is 0.00656. The third kappa shape index (κ3) is 3.19. The first kappa shape index (κ1) is 13.3. The van der Waals surface area contributed by atoms with Gasteiger partial charge in [0.2, 0.25) is 0 Å². The Morgan fingerprint density at radius 3 is 2.78 bits per heavy atom. The van der Waals surface area contributed by atoms with Gasteiger partial charge in [-0.25, -0.2) is 0 Å². The van der Waals surface area contributed by atoms with Crippen LogP contribution in [0.2, 0.25) is 0 Å². The van der Waals surface area contributed by atoms with E-state index in [0.717, 1.165) is 4.88 Å². The summed E-state index contributed by atoms with van der Waals surface area (Å²) in [5.41, 5.74) is 1.25. The first-order valence-electron chi connectivity index (χ1n) is 5.68. The predicted molar refractivity (Wildman–Crippen MR) is 77.4 cm³/mol. The summed E-state index contributed by atoms with van der Waals surface area (Å²) in [6, 6.07) is 6.06. The Balaban J connectivity index is 1.97. The summed E-state index contributed by atoms with van der Waals surface area (Å²) in [6.45, 7) is 0.625. The summed E-state index contributed by atoms with van der Waals surface area (Å²) in [5, 5.41) is 9.09. The highest BCUT2D eigenvalue weighted by Gasteiger charge is 2.16. The van der Waals surface area contributed by atoms with Crippen LogP contribution in [0.3, 0.4) is 0 Å². The molecular formula is C13H16N2OS2. The largest absolute Gasteiger partial charge is 0.349 e.